The van der Waals surface area contributed by atoms with Crippen LogP contribution < -0.4 is 0 Å². The lowest BCUT2D eigenvalue weighted by molar-refractivity contribution is -0.151. The molecule has 0 aromatic carbocycles. The van der Waals surface area contributed by atoms with Crippen LogP contribution in [0.4, 0.5) is 0 Å². The van der Waals surface area contributed by atoms with Gasteiger partial charge >= 0.3 is 5.97 Å². The van der Waals surface area contributed by atoms with E-state index < -0.39 is 5.01 Å². The third-order valence-corrected chi connectivity index (χ3v) is 2.06. The van der Waals surface area contributed by atoms with Gasteiger partial charge in [-0.1, -0.05) is 13.8 Å². The van der Waals surface area contributed by atoms with Crippen molar-refractivity contribution in [1.29, 1.82) is 0 Å². The molecule has 0 aliphatic rings. The summed E-state index contributed by atoms with van der Waals surface area (Å²) in [5, 5.41) is -0.800. The number of esters is 1. The van der Waals surface area contributed by atoms with Gasteiger partial charge in [-0.15, -0.1) is 0 Å². The molecule has 0 saturated heterocycles. The number of carbonyl (C=O) groups excluding carboxylic acids is 2. The molecule has 0 aliphatic carbocycles. The van der Waals surface area contributed by atoms with Crippen molar-refractivity contribution in [3.63, 3.8) is 0 Å². The van der Waals surface area contributed by atoms with Crippen LogP contribution >= 0.6 is 15.9 Å². The molecule has 0 radical (unpaired) electrons. The molecule has 1 unspecified atom stereocenters. The normalized spacial score (nSPS) is 12.7. The smallest absolute Gasteiger partial charge is 0.310 e. The van der Waals surface area contributed by atoms with Gasteiger partial charge in [0.2, 0.25) is 5.01 Å². The number of ether oxygens (including phenoxy) is 1. The molecule has 0 N–H and O–H groups in total. The van der Waals surface area contributed by atoms with Crippen LogP contribution in [0.1, 0.15) is 26.7 Å². The Hall–Kier alpha value is -0.380. The van der Waals surface area contributed by atoms with Crippen molar-refractivity contribution in [3.05, 3.63) is 0 Å². The van der Waals surface area contributed by atoms with E-state index in [-0.39, 0.29) is 11.9 Å². The lowest BCUT2D eigenvalue weighted by Gasteiger charge is -2.12. The van der Waals surface area contributed by atoms with Crippen LogP contribution in [0.25, 0.3) is 0 Å². The fraction of sp³-hybridized carbons (Fsp3) is 0.750. The Labute approximate surface area is 80.6 Å². The van der Waals surface area contributed by atoms with Crippen LogP contribution in [0, 0.1) is 5.92 Å². The summed E-state index contributed by atoms with van der Waals surface area (Å²) in [5.41, 5.74) is 0. The van der Waals surface area contributed by atoms with Crippen molar-refractivity contribution in [2.24, 2.45) is 5.92 Å². The number of halogens is 1. The minimum Gasteiger partial charge on any atom is -0.443 e. The third-order valence-electron chi connectivity index (χ3n) is 1.65. The van der Waals surface area contributed by atoms with Crippen LogP contribution in [0.5, 0.6) is 0 Å². The second kappa shape index (κ2) is 6.17. The molecule has 70 valence electrons. The highest BCUT2D eigenvalue weighted by Crippen LogP contribution is 2.12. The Morgan fingerprint density at radius 2 is 2.00 bits per heavy atom. The largest absolute Gasteiger partial charge is 0.443 e. The van der Waals surface area contributed by atoms with Gasteiger partial charge in [0, 0.05) is 0 Å². The van der Waals surface area contributed by atoms with Crippen molar-refractivity contribution in [2.75, 3.05) is 0 Å². The van der Waals surface area contributed by atoms with Crippen molar-refractivity contribution in [2.45, 2.75) is 31.7 Å². The van der Waals surface area contributed by atoms with Gasteiger partial charge in [-0.25, -0.2) is 0 Å². The fourth-order valence-electron chi connectivity index (χ4n) is 0.857. The standard InChI is InChI=1S/C8H13BrO3/c1-3-6(4-2)8(11)12-7(9)5-10/h5-7H,3-4H2,1-2H3. The Balaban J connectivity index is 3.92. The number of hydrogen-bond donors (Lipinski definition) is 0. The zero-order valence-electron chi connectivity index (χ0n) is 7.25. The van der Waals surface area contributed by atoms with Crippen LogP contribution in [-0.2, 0) is 14.3 Å². The number of rotatable bonds is 5. The van der Waals surface area contributed by atoms with E-state index >= 15 is 0 Å². The first kappa shape index (κ1) is 11.6. The van der Waals surface area contributed by atoms with Crippen LogP contribution in [0.15, 0.2) is 0 Å². The van der Waals surface area contributed by atoms with Gasteiger partial charge in [-0.2, -0.15) is 0 Å². The number of carbonyl (C=O) groups is 2. The van der Waals surface area contributed by atoms with Crippen LogP contribution in [0.3, 0.4) is 0 Å². The highest BCUT2D eigenvalue weighted by Gasteiger charge is 2.18. The molecule has 0 heterocycles. The van der Waals surface area contributed by atoms with Gasteiger partial charge < -0.3 is 4.74 Å². The maximum absolute atomic E-state index is 11.2. The first-order chi connectivity index (χ1) is 5.65. The summed E-state index contributed by atoms with van der Waals surface area (Å²) < 4.78 is 4.75. The van der Waals surface area contributed by atoms with E-state index in [1.165, 1.54) is 0 Å². The summed E-state index contributed by atoms with van der Waals surface area (Å²) in [5.74, 6) is -0.404. The Bertz CT molecular complexity index is 154. The predicted octanol–water partition coefficient (Wildman–Crippen LogP) is 1.89. The maximum atomic E-state index is 11.2. The summed E-state index contributed by atoms with van der Waals surface area (Å²) in [6, 6.07) is 0. The average molecular weight is 237 g/mol. The summed E-state index contributed by atoms with van der Waals surface area (Å²) in [6.45, 7) is 3.83. The quantitative estimate of drug-likeness (QED) is 0.416. The second-order valence-corrected chi connectivity index (χ2v) is 3.34. The molecule has 12 heavy (non-hydrogen) atoms. The van der Waals surface area contributed by atoms with Crippen molar-refractivity contribution >= 4 is 28.2 Å². The zero-order chi connectivity index (χ0) is 9.56. The number of hydrogen-bond acceptors (Lipinski definition) is 3. The van der Waals surface area contributed by atoms with E-state index in [1.54, 1.807) is 0 Å². The van der Waals surface area contributed by atoms with E-state index in [0.717, 1.165) is 12.8 Å². The lowest BCUT2D eigenvalue weighted by atomic mass is 10.0. The SMILES string of the molecule is CCC(CC)C(=O)OC(Br)C=O. The highest BCUT2D eigenvalue weighted by molar-refractivity contribution is 9.09. The minimum absolute atomic E-state index is 0.0926. The van der Waals surface area contributed by atoms with E-state index in [4.69, 9.17) is 4.74 Å². The summed E-state index contributed by atoms with van der Waals surface area (Å²) in [6.07, 6.45) is 2.03. The molecule has 0 bridgehead atoms. The average Bonchev–Trinajstić information content (AvgIpc) is 2.06. The van der Waals surface area contributed by atoms with Crippen LogP contribution in [0.2, 0.25) is 0 Å². The Morgan fingerprint density at radius 1 is 1.50 bits per heavy atom. The molecule has 1 atom stereocenters. The van der Waals surface area contributed by atoms with Crippen molar-refractivity contribution < 1.29 is 14.3 Å². The summed E-state index contributed by atoms with van der Waals surface area (Å²) >= 11 is 2.89. The van der Waals surface area contributed by atoms with Gasteiger partial charge in [0.05, 0.1) is 5.92 Å². The van der Waals surface area contributed by atoms with E-state index in [1.807, 2.05) is 13.8 Å². The first-order valence-electron chi connectivity index (χ1n) is 3.95. The molecular weight excluding hydrogens is 224 g/mol. The van der Waals surface area contributed by atoms with Gasteiger partial charge in [0.1, 0.15) is 0 Å². The third kappa shape index (κ3) is 3.85. The monoisotopic (exact) mass is 236 g/mol. The first-order valence-corrected chi connectivity index (χ1v) is 4.87. The Morgan fingerprint density at radius 3 is 2.33 bits per heavy atom. The molecule has 0 saturated carbocycles. The molecule has 4 heteroatoms. The van der Waals surface area contributed by atoms with E-state index in [2.05, 4.69) is 15.9 Å². The number of aldehydes is 1. The van der Waals surface area contributed by atoms with E-state index in [9.17, 15) is 9.59 Å². The second-order valence-electron chi connectivity index (χ2n) is 2.44. The summed E-state index contributed by atoms with van der Waals surface area (Å²) in [4.78, 5) is 21.3. The Kier molecular flexibility index (Phi) is 5.98. The van der Waals surface area contributed by atoms with Gasteiger partial charge in [-0.3, -0.25) is 9.59 Å². The predicted molar refractivity (Wildman–Crippen MR) is 48.9 cm³/mol. The van der Waals surface area contributed by atoms with Crippen molar-refractivity contribution in [3.8, 4) is 0 Å². The van der Waals surface area contributed by atoms with E-state index in [0.29, 0.717) is 6.29 Å². The molecule has 0 fully saturated rings. The molecular formula is C8H13BrO3. The molecule has 0 aliphatic heterocycles. The lowest BCUT2D eigenvalue weighted by Crippen LogP contribution is -2.20. The topological polar surface area (TPSA) is 43.4 Å². The van der Waals surface area contributed by atoms with Gasteiger partial charge in [0.25, 0.3) is 0 Å². The fourth-order valence-corrected chi connectivity index (χ4v) is 1.04. The minimum atomic E-state index is -0.800. The molecule has 0 rings (SSSR count). The maximum Gasteiger partial charge on any atom is 0.310 e. The zero-order valence-corrected chi connectivity index (χ0v) is 8.83. The molecule has 0 aromatic rings. The van der Waals surface area contributed by atoms with Gasteiger partial charge in [0.15, 0.2) is 6.29 Å². The number of alkyl halides is 1. The van der Waals surface area contributed by atoms with Gasteiger partial charge in [-0.05, 0) is 28.8 Å². The molecule has 0 amide bonds. The molecule has 0 spiro atoms. The van der Waals surface area contributed by atoms with Crippen LogP contribution in [-0.4, -0.2) is 17.3 Å². The highest BCUT2D eigenvalue weighted by atomic mass is 79.9. The summed E-state index contributed by atoms with van der Waals surface area (Å²) in [7, 11) is 0. The molecule has 0 aromatic heterocycles. The van der Waals surface area contributed by atoms with Crippen molar-refractivity contribution in [1.82, 2.24) is 0 Å². The molecule has 3 nitrogen and oxygen atoms in total.